The van der Waals surface area contributed by atoms with Crippen molar-refractivity contribution < 1.29 is 27.5 Å². The van der Waals surface area contributed by atoms with Crippen LogP contribution in [0.4, 0.5) is 18.0 Å². The molecule has 2 amide bonds. The van der Waals surface area contributed by atoms with Gasteiger partial charge >= 0.3 is 12.0 Å². The number of nitrogens with one attached hydrogen (secondary N) is 2. The van der Waals surface area contributed by atoms with Crippen molar-refractivity contribution in [1.82, 2.24) is 20.2 Å². The van der Waals surface area contributed by atoms with E-state index in [-0.39, 0.29) is 25.1 Å². The normalized spacial score (nSPS) is 15.9. The second-order valence-corrected chi connectivity index (χ2v) is 6.29. The average molecular weight is 396 g/mol. The second kappa shape index (κ2) is 8.32. The number of imidazole rings is 1. The summed E-state index contributed by atoms with van der Waals surface area (Å²) in [6.45, 7) is 0.423. The third-order valence-corrected chi connectivity index (χ3v) is 4.61. The van der Waals surface area contributed by atoms with E-state index in [1.165, 1.54) is 18.3 Å². The molecule has 2 heterocycles. The van der Waals surface area contributed by atoms with Crippen molar-refractivity contribution >= 4 is 12.0 Å². The van der Waals surface area contributed by atoms with E-state index >= 15 is 0 Å². The maximum absolute atomic E-state index is 14.5. The Hall–Kier alpha value is -3.04. The summed E-state index contributed by atoms with van der Waals surface area (Å²) in [5.41, 5.74) is 0.890. The molecule has 7 nitrogen and oxygen atoms in total. The minimum absolute atomic E-state index is 0.140. The van der Waals surface area contributed by atoms with Crippen LogP contribution in [0.2, 0.25) is 0 Å². The number of hydrogen-bond acceptors (Lipinski definition) is 4. The number of rotatable bonds is 5. The van der Waals surface area contributed by atoms with E-state index in [0.29, 0.717) is 24.2 Å². The molecule has 2 aromatic rings. The van der Waals surface area contributed by atoms with Crippen LogP contribution in [-0.2, 0) is 16.0 Å². The number of nitrogens with zero attached hydrogens (tertiary/aromatic N) is 2. The number of urea groups is 1. The maximum Gasteiger partial charge on any atom is 0.318 e. The van der Waals surface area contributed by atoms with Crippen molar-refractivity contribution in [1.29, 1.82) is 0 Å². The predicted molar refractivity (Wildman–Crippen MR) is 91.8 cm³/mol. The van der Waals surface area contributed by atoms with Gasteiger partial charge in [0, 0.05) is 37.2 Å². The Bertz CT molecular complexity index is 887. The number of fused-ring (bicyclic) bond motifs is 1. The largest absolute Gasteiger partial charge is 0.469 e. The number of halogens is 3. The minimum Gasteiger partial charge on any atom is -0.469 e. The molecule has 1 aliphatic rings. The van der Waals surface area contributed by atoms with Gasteiger partial charge < -0.3 is 19.9 Å². The Labute approximate surface area is 158 Å². The van der Waals surface area contributed by atoms with Crippen molar-refractivity contribution in [3.05, 3.63) is 52.9 Å². The predicted octanol–water partition coefficient (Wildman–Crippen LogP) is 2.44. The molecule has 150 valence electrons. The summed E-state index contributed by atoms with van der Waals surface area (Å²) in [4.78, 5) is 32.2. The second-order valence-electron chi connectivity index (χ2n) is 6.29. The van der Waals surface area contributed by atoms with Gasteiger partial charge in [0.05, 0.1) is 19.1 Å². The van der Waals surface area contributed by atoms with Crippen LogP contribution in [0.25, 0.3) is 0 Å². The molecule has 1 aromatic heterocycles. The number of hydrogen-bond donors (Lipinski definition) is 2. The molecular weight excluding hydrogens is 377 g/mol. The summed E-state index contributed by atoms with van der Waals surface area (Å²) < 4.78 is 46.1. The summed E-state index contributed by atoms with van der Waals surface area (Å²) in [5, 5.41) is 2.65. The molecule has 0 bridgehead atoms. The van der Waals surface area contributed by atoms with Crippen LogP contribution in [-0.4, -0.2) is 47.1 Å². The number of H-pyrrole nitrogens is 1. The number of esters is 1. The quantitative estimate of drug-likeness (QED) is 0.462. The lowest BCUT2D eigenvalue weighted by atomic mass is 9.95. The molecule has 3 rings (SSSR count). The van der Waals surface area contributed by atoms with E-state index in [2.05, 4.69) is 20.0 Å². The van der Waals surface area contributed by atoms with E-state index in [4.69, 9.17) is 0 Å². The Morgan fingerprint density at radius 2 is 2.11 bits per heavy atom. The fourth-order valence-electron chi connectivity index (χ4n) is 3.19. The summed E-state index contributed by atoms with van der Waals surface area (Å²) in [7, 11) is 1.27. The average Bonchev–Trinajstić information content (AvgIpc) is 3.17. The summed E-state index contributed by atoms with van der Waals surface area (Å²) in [6.07, 6.45) is 2.37. The SMILES string of the molecule is COC(=O)CCCNC(=O)N1CCc2[nH]cnc2C1c1ccc(F)c(F)c1F. The first-order chi connectivity index (χ1) is 13.4. The van der Waals surface area contributed by atoms with Crippen molar-refractivity contribution in [3.63, 3.8) is 0 Å². The van der Waals surface area contributed by atoms with Gasteiger partial charge in [-0.15, -0.1) is 0 Å². The lowest BCUT2D eigenvalue weighted by molar-refractivity contribution is -0.140. The number of ether oxygens (including phenoxy) is 1. The van der Waals surface area contributed by atoms with Gasteiger partial charge in [-0.1, -0.05) is 6.07 Å². The first kappa shape index (κ1) is 19.7. The molecule has 0 saturated heterocycles. The Morgan fingerprint density at radius 1 is 1.32 bits per heavy atom. The van der Waals surface area contributed by atoms with E-state index in [0.717, 1.165) is 12.1 Å². The van der Waals surface area contributed by atoms with Crippen molar-refractivity contribution in [3.8, 4) is 0 Å². The van der Waals surface area contributed by atoms with Gasteiger partial charge in [-0.3, -0.25) is 4.79 Å². The van der Waals surface area contributed by atoms with Crippen molar-refractivity contribution in [2.45, 2.75) is 25.3 Å². The molecule has 0 aliphatic carbocycles. The van der Waals surface area contributed by atoms with E-state index < -0.39 is 35.5 Å². The molecule has 28 heavy (non-hydrogen) atoms. The van der Waals surface area contributed by atoms with Gasteiger partial charge in [0.2, 0.25) is 0 Å². The number of methoxy groups -OCH3 is 1. The molecule has 1 atom stereocenters. The standard InChI is InChI=1S/C18H19F3N4O3/c1-28-13(26)3-2-7-22-18(27)25-8-6-12-16(24-9-23-12)17(25)10-4-5-11(19)15(21)14(10)20/h4-5,9,17H,2-3,6-8H2,1H3,(H,22,27)(H,23,24). The van der Waals surface area contributed by atoms with Crippen LogP contribution in [0.1, 0.15) is 35.8 Å². The molecule has 1 aliphatic heterocycles. The lowest BCUT2D eigenvalue weighted by Gasteiger charge is -2.35. The molecule has 1 aromatic carbocycles. The number of aromatic nitrogens is 2. The minimum atomic E-state index is -1.60. The van der Waals surface area contributed by atoms with Crippen LogP contribution in [0.15, 0.2) is 18.5 Å². The first-order valence-electron chi connectivity index (χ1n) is 8.70. The zero-order chi connectivity index (χ0) is 20.3. The Morgan fingerprint density at radius 3 is 2.86 bits per heavy atom. The summed E-state index contributed by atoms with van der Waals surface area (Å²) >= 11 is 0. The molecule has 2 N–H and O–H groups in total. The Balaban J connectivity index is 1.83. The maximum atomic E-state index is 14.5. The number of carbonyl (C=O) groups excluding carboxylic acids is 2. The zero-order valence-corrected chi connectivity index (χ0v) is 15.1. The zero-order valence-electron chi connectivity index (χ0n) is 15.1. The molecular formula is C18H19F3N4O3. The van der Waals surface area contributed by atoms with Crippen LogP contribution < -0.4 is 5.32 Å². The third-order valence-electron chi connectivity index (χ3n) is 4.61. The topological polar surface area (TPSA) is 87.3 Å². The van der Waals surface area contributed by atoms with Crippen LogP contribution in [0.3, 0.4) is 0 Å². The lowest BCUT2D eigenvalue weighted by Crippen LogP contribution is -2.46. The van der Waals surface area contributed by atoms with Crippen LogP contribution in [0, 0.1) is 17.5 Å². The molecule has 1 unspecified atom stereocenters. The summed E-state index contributed by atoms with van der Waals surface area (Å²) in [5.74, 6) is -4.66. The molecule has 0 fully saturated rings. The fraction of sp³-hybridized carbons (Fsp3) is 0.389. The van der Waals surface area contributed by atoms with Gasteiger partial charge in [-0.2, -0.15) is 0 Å². The smallest absolute Gasteiger partial charge is 0.318 e. The molecule has 0 radical (unpaired) electrons. The highest BCUT2D eigenvalue weighted by Crippen LogP contribution is 2.35. The monoisotopic (exact) mass is 396 g/mol. The van der Waals surface area contributed by atoms with Crippen molar-refractivity contribution in [2.24, 2.45) is 0 Å². The molecule has 0 spiro atoms. The van der Waals surface area contributed by atoms with E-state index in [9.17, 15) is 22.8 Å². The third kappa shape index (κ3) is 3.80. The van der Waals surface area contributed by atoms with Gasteiger partial charge in [-0.05, 0) is 12.5 Å². The highest BCUT2D eigenvalue weighted by molar-refractivity contribution is 5.76. The number of benzene rings is 1. The van der Waals surface area contributed by atoms with Gasteiger partial charge in [-0.25, -0.2) is 22.9 Å². The number of aromatic amines is 1. The number of amides is 2. The van der Waals surface area contributed by atoms with Gasteiger partial charge in [0.25, 0.3) is 0 Å². The van der Waals surface area contributed by atoms with Crippen molar-refractivity contribution in [2.75, 3.05) is 20.2 Å². The Kier molecular flexibility index (Phi) is 5.86. The van der Waals surface area contributed by atoms with Crippen LogP contribution in [0.5, 0.6) is 0 Å². The number of carbonyl (C=O) groups is 2. The van der Waals surface area contributed by atoms with Gasteiger partial charge in [0.1, 0.15) is 6.04 Å². The highest BCUT2D eigenvalue weighted by Gasteiger charge is 2.36. The fourth-order valence-corrected chi connectivity index (χ4v) is 3.19. The summed E-state index contributed by atoms with van der Waals surface area (Å²) in [6, 6.07) is 0.402. The molecule has 10 heteroatoms. The van der Waals surface area contributed by atoms with Gasteiger partial charge in [0.15, 0.2) is 17.5 Å². The highest BCUT2D eigenvalue weighted by atomic mass is 19.2. The molecule has 0 saturated carbocycles. The first-order valence-corrected chi connectivity index (χ1v) is 8.70. The van der Waals surface area contributed by atoms with E-state index in [1.807, 2.05) is 0 Å². The van der Waals surface area contributed by atoms with E-state index in [1.54, 1.807) is 0 Å². The van der Waals surface area contributed by atoms with Crippen LogP contribution >= 0.6 is 0 Å².